The molecule has 0 unspecified atom stereocenters. The molecule has 7 heteroatoms. The number of nitrogens with zero attached hydrogens (tertiary/aromatic N) is 2. The number of aryl methyl sites for hydroxylation is 1. The van der Waals surface area contributed by atoms with Gasteiger partial charge in [-0.3, -0.25) is 9.59 Å². The minimum absolute atomic E-state index is 0.272. The van der Waals surface area contributed by atoms with Crippen molar-refractivity contribution in [3.63, 3.8) is 0 Å². The smallest absolute Gasteiger partial charge is 0.272 e. The summed E-state index contributed by atoms with van der Waals surface area (Å²) in [4.78, 5) is 31.9. The summed E-state index contributed by atoms with van der Waals surface area (Å²) in [5, 5.41) is 0.804. The summed E-state index contributed by atoms with van der Waals surface area (Å²) in [7, 11) is 0. The lowest BCUT2D eigenvalue weighted by Crippen LogP contribution is -2.31. The monoisotopic (exact) mass is 383 g/mol. The Morgan fingerprint density at radius 2 is 1.69 bits per heavy atom. The van der Waals surface area contributed by atoms with Crippen LogP contribution in [0.4, 0.5) is 5.69 Å². The molecule has 26 heavy (non-hydrogen) atoms. The zero-order valence-corrected chi connectivity index (χ0v) is 15.3. The Morgan fingerprint density at radius 1 is 1.04 bits per heavy atom. The maximum Gasteiger partial charge on any atom is 0.272 e. The molecule has 4 rings (SSSR count). The summed E-state index contributed by atoms with van der Waals surface area (Å²) in [5.74, 6) is -0.756. The number of imide groups is 1. The molecule has 0 aliphatic carbocycles. The van der Waals surface area contributed by atoms with Crippen LogP contribution in [-0.2, 0) is 9.59 Å². The van der Waals surface area contributed by atoms with Crippen molar-refractivity contribution in [1.29, 1.82) is 0 Å². The van der Waals surface area contributed by atoms with Crippen molar-refractivity contribution >= 4 is 46.0 Å². The number of hydrogen-bond donors (Lipinski definition) is 1. The zero-order valence-electron chi connectivity index (χ0n) is 13.8. The number of benzene rings is 2. The van der Waals surface area contributed by atoms with Crippen molar-refractivity contribution in [3.8, 4) is 0 Å². The summed E-state index contributed by atoms with van der Waals surface area (Å²) in [6.07, 6.45) is 0. The number of rotatable bonds is 2. The second kappa shape index (κ2) is 6.30. The van der Waals surface area contributed by atoms with Crippen LogP contribution in [0.15, 0.2) is 64.0 Å². The minimum atomic E-state index is -0.583. The van der Waals surface area contributed by atoms with Crippen LogP contribution in [0.2, 0.25) is 5.02 Å². The van der Waals surface area contributed by atoms with Gasteiger partial charge in [0.1, 0.15) is 6.04 Å². The average Bonchev–Trinajstić information content (AvgIpc) is 2.87. The van der Waals surface area contributed by atoms with Gasteiger partial charge in [-0.05, 0) is 48.5 Å². The van der Waals surface area contributed by atoms with Crippen LogP contribution in [0.25, 0.3) is 0 Å². The predicted molar refractivity (Wildman–Crippen MR) is 104 cm³/mol. The average molecular weight is 384 g/mol. The van der Waals surface area contributed by atoms with E-state index in [0.717, 1.165) is 27.8 Å². The molecule has 2 aliphatic heterocycles. The quantitative estimate of drug-likeness (QED) is 0.804. The van der Waals surface area contributed by atoms with E-state index in [4.69, 9.17) is 17.3 Å². The molecule has 0 spiro atoms. The van der Waals surface area contributed by atoms with Crippen LogP contribution in [0.3, 0.4) is 0 Å². The first-order valence-electron chi connectivity index (χ1n) is 7.92. The number of thioether (sulfide) groups is 1. The number of carbonyl (C=O) groups is 2. The SMILES string of the molecule is Cc1ccc([C@H]2N=C(N)SC3=C2C(=O)N(c2ccc(Cl)cc2)C3=O)cc1. The van der Waals surface area contributed by atoms with E-state index in [1.807, 2.05) is 31.2 Å². The number of amides is 2. The van der Waals surface area contributed by atoms with Crippen molar-refractivity contribution in [2.75, 3.05) is 4.90 Å². The van der Waals surface area contributed by atoms with E-state index >= 15 is 0 Å². The van der Waals surface area contributed by atoms with Gasteiger partial charge in [-0.1, -0.05) is 41.4 Å². The fourth-order valence-corrected chi connectivity index (χ4v) is 3.98. The maximum absolute atomic E-state index is 13.1. The highest BCUT2D eigenvalue weighted by atomic mass is 35.5. The van der Waals surface area contributed by atoms with Crippen LogP contribution >= 0.6 is 23.4 Å². The van der Waals surface area contributed by atoms with E-state index in [-0.39, 0.29) is 17.0 Å². The molecule has 2 aromatic carbocycles. The van der Waals surface area contributed by atoms with E-state index in [0.29, 0.717) is 21.2 Å². The minimum Gasteiger partial charge on any atom is -0.378 e. The van der Waals surface area contributed by atoms with Gasteiger partial charge in [0.25, 0.3) is 11.8 Å². The van der Waals surface area contributed by atoms with E-state index < -0.39 is 6.04 Å². The lowest BCUT2D eigenvalue weighted by atomic mass is 9.98. The molecule has 1 atom stereocenters. The summed E-state index contributed by atoms with van der Waals surface area (Å²) >= 11 is 6.95. The second-order valence-electron chi connectivity index (χ2n) is 6.05. The molecule has 5 nitrogen and oxygen atoms in total. The summed E-state index contributed by atoms with van der Waals surface area (Å²) in [6, 6.07) is 13.7. The topological polar surface area (TPSA) is 75.8 Å². The number of halogens is 1. The highest BCUT2D eigenvalue weighted by Crippen LogP contribution is 2.44. The first-order chi connectivity index (χ1) is 12.5. The molecule has 2 aliphatic rings. The molecule has 0 bridgehead atoms. The van der Waals surface area contributed by atoms with Gasteiger partial charge < -0.3 is 5.73 Å². The van der Waals surface area contributed by atoms with Crippen LogP contribution < -0.4 is 10.6 Å². The summed E-state index contributed by atoms with van der Waals surface area (Å²) in [6.45, 7) is 1.98. The van der Waals surface area contributed by atoms with Gasteiger partial charge in [-0.2, -0.15) is 0 Å². The third kappa shape index (κ3) is 2.71. The third-order valence-corrected chi connectivity index (χ3v) is 5.45. The van der Waals surface area contributed by atoms with E-state index in [9.17, 15) is 9.59 Å². The number of carbonyl (C=O) groups excluding carboxylic acids is 2. The van der Waals surface area contributed by atoms with Crippen molar-refractivity contribution in [1.82, 2.24) is 0 Å². The van der Waals surface area contributed by atoms with E-state index in [2.05, 4.69) is 4.99 Å². The Balaban J connectivity index is 1.78. The summed E-state index contributed by atoms with van der Waals surface area (Å²) < 4.78 is 0. The van der Waals surface area contributed by atoms with Gasteiger partial charge in [0, 0.05) is 5.02 Å². The number of hydrogen-bond acceptors (Lipinski definition) is 5. The van der Waals surface area contributed by atoms with Gasteiger partial charge in [0.15, 0.2) is 5.17 Å². The molecule has 0 radical (unpaired) electrons. The van der Waals surface area contributed by atoms with Crippen molar-refractivity contribution in [2.45, 2.75) is 13.0 Å². The molecule has 2 amide bonds. The number of anilines is 1. The molecule has 0 saturated heterocycles. The second-order valence-corrected chi connectivity index (χ2v) is 7.51. The Kier molecular flexibility index (Phi) is 4.09. The maximum atomic E-state index is 13.1. The first-order valence-corrected chi connectivity index (χ1v) is 9.11. The highest BCUT2D eigenvalue weighted by Gasteiger charge is 2.45. The molecule has 2 N–H and O–H groups in total. The molecule has 0 aromatic heterocycles. The van der Waals surface area contributed by atoms with Crippen molar-refractivity contribution in [2.24, 2.45) is 10.7 Å². The van der Waals surface area contributed by atoms with E-state index in [1.165, 1.54) is 0 Å². The molecular formula is C19H14ClN3O2S. The van der Waals surface area contributed by atoms with Gasteiger partial charge in [0.2, 0.25) is 0 Å². The van der Waals surface area contributed by atoms with Gasteiger partial charge >= 0.3 is 0 Å². The normalized spacial score (nSPS) is 19.7. The number of nitrogens with two attached hydrogens (primary N) is 1. The standard InChI is InChI=1S/C19H14ClN3O2S/c1-10-2-4-11(5-3-10)15-14-16(26-19(21)22-15)18(25)23(17(14)24)13-8-6-12(20)7-9-13/h2-9,15H,1H3,(H2,21,22)/t15-/m1/s1. The Morgan fingerprint density at radius 3 is 2.35 bits per heavy atom. The molecule has 0 fully saturated rings. The molecule has 0 saturated carbocycles. The number of amidine groups is 1. The Labute approximate surface area is 159 Å². The fourth-order valence-electron chi connectivity index (χ4n) is 3.00. The largest absolute Gasteiger partial charge is 0.378 e. The molecular weight excluding hydrogens is 370 g/mol. The lowest BCUT2D eigenvalue weighted by Gasteiger charge is -2.19. The predicted octanol–water partition coefficient (Wildman–Crippen LogP) is 3.58. The lowest BCUT2D eigenvalue weighted by molar-refractivity contribution is -0.120. The van der Waals surface area contributed by atoms with Crippen LogP contribution in [-0.4, -0.2) is 17.0 Å². The molecule has 130 valence electrons. The van der Waals surface area contributed by atoms with Crippen LogP contribution in [0, 0.1) is 6.92 Å². The number of aliphatic imine (C=N–C) groups is 1. The third-order valence-electron chi connectivity index (χ3n) is 4.29. The molecule has 2 aromatic rings. The van der Waals surface area contributed by atoms with Crippen molar-refractivity contribution in [3.05, 3.63) is 75.2 Å². The van der Waals surface area contributed by atoms with Gasteiger partial charge in [0.05, 0.1) is 16.2 Å². The fraction of sp³-hybridized carbons (Fsp3) is 0.105. The Bertz CT molecular complexity index is 981. The first kappa shape index (κ1) is 16.9. The van der Waals surface area contributed by atoms with Gasteiger partial charge in [-0.25, -0.2) is 9.89 Å². The van der Waals surface area contributed by atoms with Crippen molar-refractivity contribution < 1.29 is 9.59 Å². The molecule has 2 heterocycles. The Hall–Kier alpha value is -2.57. The van der Waals surface area contributed by atoms with Crippen LogP contribution in [0.5, 0.6) is 0 Å². The van der Waals surface area contributed by atoms with E-state index in [1.54, 1.807) is 24.3 Å². The van der Waals surface area contributed by atoms with Crippen LogP contribution in [0.1, 0.15) is 17.2 Å². The van der Waals surface area contributed by atoms with Gasteiger partial charge in [-0.15, -0.1) is 0 Å². The highest BCUT2D eigenvalue weighted by molar-refractivity contribution is 8.18. The summed E-state index contributed by atoms with van der Waals surface area (Å²) in [5.41, 5.74) is 8.70. The zero-order chi connectivity index (χ0) is 18.4.